The van der Waals surface area contributed by atoms with Crippen LogP contribution in [0.3, 0.4) is 0 Å². The first kappa shape index (κ1) is 29.8. The number of fused-ring (bicyclic) bond motifs is 1. The number of rotatable bonds is 7. The average molecular weight is 597 g/mol. The standard InChI is InChI=1S/C30H28F4N6O3/c1-5-21(42)30(4)14-35-11-12-39(30)27-17-13-19(32)24(22-18(31)7-6-8-20(22)41)37-28(17)40(29(43)38-27)25-16(26(33)34)9-10-36-23(25)15(2)3/h5-10,13,15,26,35,41H,1,11-12,14H2,2-4H3/t30-/m0/s1. The highest BCUT2D eigenvalue weighted by Crippen LogP contribution is 2.38. The minimum absolute atomic E-state index is 0.111. The molecule has 3 aromatic heterocycles. The lowest BCUT2D eigenvalue weighted by Crippen LogP contribution is -2.64. The normalized spacial score (nSPS) is 17.2. The Hall–Kier alpha value is -4.65. The number of ketones is 1. The van der Waals surface area contributed by atoms with Crippen molar-refractivity contribution >= 4 is 22.6 Å². The SMILES string of the molecule is C=CC(=O)[C@]1(C)CNCCN1c1nc(=O)n(-c2c(C(F)F)ccnc2C(C)C)c2nc(-c3c(O)cccc3F)c(F)cc12. The largest absolute Gasteiger partial charge is 0.507 e. The van der Waals surface area contributed by atoms with Gasteiger partial charge in [-0.3, -0.25) is 9.78 Å². The number of carbonyl (C=O) groups is 1. The number of halogens is 4. The molecule has 1 aromatic carbocycles. The second-order valence-electron chi connectivity index (χ2n) is 10.6. The fourth-order valence-corrected chi connectivity index (χ4v) is 5.41. The molecule has 1 saturated heterocycles. The zero-order valence-electron chi connectivity index (χ0n) is 23.5. The summed E-state index contributed by atoms with van der Waals surface area (Å²) >= 11 is 0. The molecule has 0 aliphatic carbocycles. The molecule has 43 heavy (non-hydrogen) atoms. The highest BCUT2D eigenvalue weighted by Gasteiger charge is 2.42. The van der Waals surface area contributed by atoms with Gasteiger partial charge >= 0.3 is 5.69 Å². The molecular weight excluding hydrogens is 568 g/mol. The van der Waals surface area contributed by atoms with Crippen molar-refractivity contribution < 1.29 is 27.5 Å². The van der Waals surface area contributed by atoms with Gasteiger partial charge in [0.15, 0.2) is 17.2 Å². The summed E-state index contributed by atoms with van der Waals surface area (Å²) in [7, 11) is 0. The molecule has 0 radical (unpaired) electrons. The van der Waals surface area contributed by atoms with Crippen LogP contribution < -0.4 is 15.9 Å². The average Bonchev–Trinajstić information content (AvgIpc) is 2.96. The number of aromatic nitrogens is 4. The summed E-state index contributed by atoms with van der Waals surface area (Å²) in [5.74, 6) is -3.70. The Kier molecular flexibility index (Phi) is 7.78. The number of benzene rings is 1. The summed E-state index contributed by atoms with van der Waals surface area (Å²) in [4.78, 5) is 41.3. The Morgan fingerprint density at radius 2 is 1.93 bits per heavy atom. The van der Waals surface area contributed by atoms with Crippen LogP contribution in [0.15, 0.2) is 54.0 Å². The van der Waals surface area contributed by atoms with E-state index in [0.717, 1.165) is 34.9 Å². The molecule has 1 aliphatic heterocycles. The van der Waals surface area contributed by atoms with Crippen molar-refractivity contribution in [1.82, 2.24) is 24.8 Å². The van der Waals surface area contributed by atoms with Crippen molar-refractivity contribution in [1.29, 1.82) is 0 Å². The third-order valence-electron chi connectivity index (χ3n) is 7.57. The molecule has 1 aliphatic rings. The van der Waals surface area contributed by atoms with Crippen molar-refractivity contribution in [3.63, 3.8) is 0 Å². The van der Waals surface area contributed by atoms with Crippen LogP contribution in [-0.4, -0.2) is 55.6 Å². The van der Waals surface area contributed by atoms with Gasteiger partial charge in [0.25, 0.3) is 6.43 Å². The van der Waals surface area contributed by atoms with Crippen LogP contribution in [0.25, 0.3) is 28.0 Å². The van der Waals surface area contributed by atoms with Crippen LogP contribution >= 0.6 is 0 Å². The number of piperazine rings is 1. The van der Waals surface area contributed by atoms with Gasteiger partial charge < -0.3 is 15.3 Å². The van der Waals surface area contributed by atoms with Gasteiger partial charge in [0.2, 0.25) is 0 Å². The van der Waals surface area contributed by atoms with Gasteiger partial charge in [-0.25, -0.2) is 31.9 Å². The molecule has 0 unspecified atom stereocenters. The monoisotopic (exact) mass is 596 g/mol. The Labute approximate surface area is 243 Å². The first-order valence-electron chi connectivity index (χ1n) is 13.4. The maximum atomic E-state index is 15.9. The second-order valence-corrected chi connectivity index (χ2v) is 10.6. The predicted octanol–water partition coefficient (Wildman–Crippen LogP) is 4.81. The molecule has 0 bridgehead atoms. The number of phenolic OH excluding ortho intramolecular Hbond substituents is 1. The fraction of sp³-hybridized carbons (Fsp3) is 0.300. The van der Waals surface area contributed by atoms with Crippen LogP contribution in [0.1, 0.15) is 44.4 Å². The molecule has 0 amide bonds. The van der Waals surface area contributed by atoms with Gasteiger partial charge in [0.1, 0.15) is 28.6 Å². The molecule has 1 fully saturated rings. The lowest BCUT2D eigenvalue weighted by molar-refractivity contribution is -0.119. The topological polar surface area (TPSA) is 113 Å². The van der Waals surface area contributed by atoms with E-state index < -0.39 is 63.6 Å². The number of hydrogen-bond acceptors (Lipinski definition) is 8. The number of pyridine rings is 2. The number of anilines is 1. The van der Waals surface area contributed by atoms with Gasteiger partial charge in [0, 0.05) is 31.4 Å². The molecule has 0 saturated carbocycles. The van der Waals surface area contributed by atoms with Gasteiger partial charge in [-0.1, -0.05) is 26.5 Å². The van der Waals surface area contributed by atoms with Crippen LogP contribution in [-0.2, 0) is 4.79 Å². The van der Waals surface area contributed by atoms with Crippen molar-refractivity contribution in [2.24, 2.45) is 0 Å². The molecule has 5 rings (SSSR count). The number of phenols is 1. The van der Waals surface area contributed by atoms with Crippen molar-refractivity contribution in [3.05, 3.63) is 82.6 Å². The Morgan fingerprint density at radius 3 is 2.58 bits per heavy atom. The summed E-state index contributed by atoms with van der Waals surface area (Å²) in [6.45, 7) is 9.23. The molecule has 4 aromatic rings. The van der Waals surface area contributed by atoms with E-state index in [1.165, 1.54) is 17.2 Å². The molecule has 13 heteroatoms. The van der Waals surface area contributed by atoms with Crippen LogP contribution in [0.2, 0.25) is 0 Å². The number of aromatic hydroxyl groups is 1. The fourth-order valence-electron chi connectivity index (χ4n) is 5.41. The molecular formula is C30H28F4N6O3. The summed E-state index contributed by atoms with van der Waals surface area (Å²) < 4.78 is 60.4. The number of hydrogen-bond donors (Lipinski definition) is 2. The Bertz CT molecular complexity index is 1780. The first-order chi connectivity index (χ1) is 20.4. The summed E-state index contributed by atoms with van der Waals surface area (Å²) in [6.07, 6.45) is -0.728. The quantitative estimate of drug-likeness (QED) is 0.231. The number of nitrogens with zero attached hydrogens (tertiary/aromatic N) is 5. The van der Waals surface area contributed by atoms with Gasteiger partial charge in [-0.15, -0.1) is 0 Å². The van der Waals surface area contributed by atoms with E-state index in [1.54, 1.807) is 20.8 Å². The zero-order chi connectivity index (χ0) is 31.2. The summed E-state index contributed by atoms with van der Waals surface area (Å²) in [5.41, 5.74) is -4.69. The van der Waals surface area contributed by atoms with E-state index in [-0.39, 0.29) is 41.3 Å². The van der Waals surface area contributed by atoms with Crippen LogP contribution in [0.5, 0.6) is 5.75 Å². The number of nitrogens with one attached hydrogen (secondary N) is 1. The molecule has 224 valence electrons. The van der Waals surface area contributed by atoms with E-state index >= 15 is 4.39 Å². The highest BCUT2D eigenvalue weighted by molar-refractivity contribution is 6.02. The van der Waals surface area contributed by atoms with Crippen molar-refractivity contribution in [3.8, 4) is 22.7 Å². The van der Waals surface area contributed by atoms with E-state index in [2.05, 4.69) is 26.8 Å². The molecule has 9 nitrogen and oxygen atoms in total. The Morgan fingerprint density at radius 1 is 1.19 bits per heavy atom. The summed E-state index contributed by atoms with van der Waals surface area (Å²) in [6, 6.07) is 5.34. The molecule has 0 spiro atoms. The number of carbonyl (C=O) groups excluding carboxylic acids is 1. The van der Waals surface area contributed by atoms with Gasteiger partial charge in [-0.2, -0.15) is 4.98 Å². The molecule has 4 heterocycles. The maximum absolute atomic E-state index is 15.9. The summed E-state index contributed by atoms with van der Waals surface area (Å²) in [5, 5.41) is 13.4. The third kappa shape index (κ3) is 4.92. The maximum Gasteiger partial charge on any atom is 0.355 e. The smallest absolute Gasteiger partial charge is 0.355 e. The van der Waals surface area contributed by atoms with E-state index in [4.69, 9.17) is 0 Å². The lowest BCUT2D eigenvalue weighted by atomic mass is 9.91. The number of alkyl halides is 2. The van der Waals surface area contributed by atoms with Crippen molar-refractivity contribution in [2.45, 2.75) is 38.7 Å². The van der Waals surface area contributed by atoms with E-state index in [1.807, 2.05) is 0 Å². The van der Waals surface area contributed by atoms with Gasteiger partial charge in [-0.05, 0) is 43.2 Å². The third-order valence-corrected chi connectivity index (χ3v) is 7.57. The van der Waals surface area contributed by atoms with E-state index in [0.29, 0.717) is 6.54 Å². The lowest BCUT2D eigenvalue weighted by Gasteiger charge is -2.44. The Balaban J connectivity index is 1.97. The van der Waals surface area contributed by atoms with Crippen LogP contribution in [0.4, 0.5) is 23.4 Å². The van der Waals surface area contributed by atoms with Crippen molar-refractivity contribution in [2.75, 3.05) is 24.5 Å². The predicted molar refractivity (Wildman–Crippen MR) is 153 cm³/mol. The molecule has 2 N–H and O–H groups in total. The highest BCUT2D eigenvalue weighted by atomic mass is 19.3. The minimum atomic E-state index is -3.05. The minimum Gasteiger partial charge on any atom is -0.507 e. The van der Waals surface area contributed by atoms with Crippen LogP contribution in [0, 0.1) is 11.6 Å². The van der Waals surface area contributed by atoms with E-state index in [9.17, 15) is 27.9 Å². The first-order valence-corrected chi connectivity index (χ1v) is 13.4. The van der Waals surface area contributed by atoms with Gasteiger partial charge in [0.05, 0.1) is 22.3 Å². The molecule has 1 atom stereocenters. The second kappa shape index (κ2) is 11.2. The zero-order valence-corrected chi connectivity index (χ0v) is 23.5.